The minimum Gasteiger partial charge on any atom is -0.480 e. The van der Waals surface area contributed by atoms with Crippen LogP contribution in [0.15, 0.2) is 30.3 Å². The number of nitrogens with one attached hydrogen (secondary N) is 1. The Balaban J connectivity index is 1.60. The van der Waals surface area contributed by atoms with Crippen molar-refractivity contribution in [3.05, 3.63) is 35.9 Å². The summed E-state index contributed by atoms with van der Waals surface area (Å²) in [6.45, 7) is -0.0148. The lowest BCUT2D eigenvalue weighted by Crippen LogP contribution is -2.53. The van der Waals surface area contributed by atoms with Gasteiger partial charge in [-0.15, -0.1) is 0 Å². The summed E-state index contributed by atoms with van der Waals surface area (Å²) in [6.07, 6.45) is 2.54. The third kappa shape index (κ3) is 4.57. The first kappa shape index (κ1) is 19.2. The van der Waals surface area contributed by atoms with E-state index in [-0.39, 0.29) is 25.1 Å². The van der Waals surface area contributed by atoms with Crippen LogP contribution in [0.4, 0.5) is 4.79 Å². The van der Waals surface area contributed by atoms with Gasteiger partial charge in [0.25, 0.3) is 0 Å². The van der Waals surface area contributed by atoms with Gasteiger partial charge >= 0.3 is 18.0 Å². The molecule has 0 aromatic heterocycles. The molecule has 27 heavy (non-hydrogen) atoms. The number of fused-ring (bicyclic) bond motifs is 1. The van der Waals surface area contributed by atoms with E-state index in [9.17, 15) is 24.6 Å². The van der Waals surface area contributed by atoms with Gasteiger partial charge in [0.1, 0.15) is 18.7 Å². The smallest absolute Gasteiger partial charge is 0.408 e. The normalized spacial score (nSPS) is 25.6. The second kappa shape index (κ2) is 8.39. The van der Waals surface area contributed by atoms with Crippen molar-refractivity contribution in [2.75, 3.05) is 6.54 Å². The van der Waals surface area contributed by atoms with Crippen molar-refractivity contribution in [1.29, 1.82) is 0 Å². The average Bonchev–Trinajstić information content (AvgIpc) is 3.22. The van der Waals surface area contributed by atoms with Gasteiger partial charge in [-0.05, 0) is 30.7 Å². The zero-order chi connectivity index (χ0) is 19.4. The highest BCUT2D eigenvalue weighted by Gasteiger charge is 2.47. The van der Waals surface area contributed by atoms with Gasteiger partial charge in [0.2, 0.25) is 0 Å². The van der Waals surface area contributed by atoms with E-state index in [1.54, 1.807) is 17.0 Å². The zero-order valence-electron chi connectivity index (χ0n) is 14.9. The van der Waals surface area contributed by atoms with Crippen molar-refractivity contribution >= 4 is 18.0 Å². The van der Waals surface area contributed by atoms with E-state index < -0.39 is 30.1 Å². The molecule has 8 nitrogen and oxygen atoms in total. The Kier molecular flexibility index (Phi) is 5.95. The van der Waals surface area contributed by atoms with Gasteiger partial charge in [-0.2, -0.15) is 0 Å². The number of carbonyl (C=O) groups is 3. The Hall–Kier alpha value is -2.61. The summed E-state index contributed by atoms with van der Waals surface area (Å²) in [7, 11) is 0. The zero-order valence-corrected chi connectivity index (χ0v) is 14.9. The fourth-order valence-corrected chi connectivity index (χ4v) is 4.19. The molecule has 146 valence electrons. The molecule has 1 heterocycles. The lowest BCUT2D eigenvalue weighted by atomic mass is 10.0. The molecule has 4 atom stereocenters. The molecule has 3 unspecified atom stereocenters. The number of likely N-dealkylation sites (tertiary alicyclic amines) is 1. The number of amides is 1. The van der Waals surface area contributed by atoms with Crippen LogP contribution in [0.5, 0.6) is 0 Å². The SMILES string of the molecule is O=C(N[C@@H](CN1C(C(=O)O)CC2CCCC21)C(=O)O)OCc1ccccc1. The first-order valence-corrected chi connectivity index (χ1v) is 9.14. The van der Waals surface area contributed by atoms with Gasteiger partial charge < -0.3 is 20.3 Å². The molecule has 2 fully saturated rings. The molecule has 0 spiro atoms. The first-order valence-electron chi connectivity index (χ1n) is 9.14. The minimum atomic E-state index is -1.23. The molecule has 3 rings (SSSR count). The van der Waals surface area contributed by atoms with Crippen LogP contribution in [-0.4, -0.2) is 57.8 Å². The van der Waals surface area contributed by atoms with Crippen molar-refractivity contribution in [1.82, 2.24) is 10.2 Å². The van der Waals surface area contributed by atoms with E-state index in [4.69, 9.17) is 4.74 Å². The summed E-state index contributed by atoms with van der Waals surface area (Å²) in [5, 5.41) is 21.3. The Morgan fingerprint density at radius 3 is 2.59 bits per heavy atom. The fraction of sp³-hybridized carbons (Fsp3) is 0.526. The quantitative estimate of drug-likeness (QED) is 0.663. The van der Waals surface area contributed by atoms with Gasteiger partial charge in [0.15, 0.2) is 0 Å². The van der Waals surface area contributed by atoms with Crippen LogP contribution < -0.4 is 5.32 Å². The van der Waals surface area contributed by atoms with E-state index >= 15 is 0 Å². The summed E-state index contributed by atoms with van der Waals surface area (Å²) >= 11 is 0. The number of alkyl carbamates (subject to hydrolysis) is 1. The molecular formula is C19H24N2O6. The molecule has 1 aliphatic carbocycles. The van der Waals surface area contributed by atoms with Crippen molar-refractivity contribution < 1.29 is 29.3 Å². The molecule has 8 heteroatoms. The fourth-order valence-electron chi connectivity index (χ4n) is 4.19. The Morgan fingerprint density at radius 2 is 1.93 bits per heavy atom. The number of aliphatic carboxylic acids is 2. The maximum Gasteiger partial charge on any atom is 0.408 e. The van der Waals surface area contributed by atoms with E-state index in [0.29, 0.717) is 6.42 Å². The number of carboxylic acids is 2. The number of carbonyl (C=O) groups excluding carboxylic acids is 1. The van der Waals surface area contributed by atoms with E-state index in [1.165, 1.54) is 0 Å². The highest BCUT2D eigenvalue weighted by Crippen LogP contribution is 2.41. The molecule has 1 saturated carbocycles. The van der Waals surface area contributed by atoms with Crippen LogP contribution in [-0.2, 0) is 20.9 Å². The van der Waals surface area contributed by atoms with Crippen molar-refractivity contribution in [2.45, 2.75) is 50.4 Å². The number of hydrogen-bond acceptors (Lipinski definition) is 5. The number of carboxylic acid groups (broad SMARTS) is 2. The minimum absolute atomic E-state index is 0.0329. The molecule has 1 amide bonds. The number of ether oxygens (including phenoxy) is 1. The second-order valence-electron chi connectivity index (χ2n) is 7.14. The molecule has 2 aliphatic rings. The van der Waals surface area contributed by atoms with E-state index in [1.807, 2.05) is 18.2 Å². The highest BCUT2D eigenvalue weighted by atomic mass is 16.5. The predicted molar refractivity (Wildman–Crippen MR) is 95.1 cm³/mol. The maximum absolute atomic E-state index is 12.0. The van der Waals surface area contributed by atoms with Crippen LogP contribution in [0.3, 0.4) is 0 Å². The van der Waals surface area contributed by atoms with E-state index in [2.05, 4.69) is 5.32 Å². The molecule has 1 aromatic carbocycles. The Morgan fingerprint density at radius 1 is 1.19 bits per heavy atom. The Labute approximate surface area is 157 Å². The molecule has 1 aliphatic heterocycles. The van der Waals surface area contributed by atoms with Crippen molar-refractivity contribution in [3.8, 4) is 0 Å². The molecule has 3 N–H and O–H groups in total. The molecule has 0 radical (unpaired) electrons. The van der Waals surface area contributed by atoms with Gasteiger partial charge in [-0.3, -0.25) is 9.69 Å². The van der Waals surface area contributed by atoms with Gasteiger partial charge in [0, 0.05) is 12.6 Å². The summed E-state index contributed by atoms with van der Waals surface area (Å²) < 4.78 is 5.09. The largest absolute Gasteiger partial charge is 0.480 e. The molecule has 1 aromatic rings. The monoisotopic (exact) mass is 376 g/mol. The topological polar surface area (TPSA) is 116 Å². The number of rotatable bonds is 7. The van der Waals surface area contributed by atoms with Crippen molar-refractivity contribution in [2.24, 2.45) is 5.92 Å². The van der Waals surface area contributed by atoms with Crippen LogP contribution in [0, 0.1) is 5.92 Å². The second-order valence-corrected chi connectivity index (χ2v) is 7.14. The van der Waals surface area contributed by atoms with Crippen molar-refractivity contribution in [3.63, 3.8) is 0 Å². The lowest BCUT2D eigenvalue weighted by Gasteiger charge is -2.30. The number of hydrogen-bond donors (Lipinski definition) is 3. The standard InChI is InChI=1S/C19H24N2O6/c22-17(23)14(20-19(26)27-11-12-5-2-1-3-6-12)10-21-15-8-4-7-13(15)9-16(21)18(24)25/h1-3,5-6,13-16H,4,7-11H2,(H,20,26)(H,22,23)(H,24,25)/t13?,14-,15?,16?/m0/s1. The molecule has 0 bridgehead atoms. The third-order valence-corrected chi connectivity index (χ3v) is 5.45. The molecule has 1 saturated heterocycles. The van der Waals surface area contributed by atoms with Crippen LogP contribution in [0.1, 0.15) is 31.2 Å². The van der Waals surface area contributed by atoms with Crippen LogP contribution in [0.25, 0.3) is 0 Å². The summed E-state index contributed by atoms with van der Waals surface area (Å²) in [4.78, 5) is 36.9. The highest BCUT2D eigenvalue weighted by molar-refractivity contribution is 5.80. The summed E-state index contributed by atoms with van der Waals surface area (Å²) in [6, 6.07) is 7.19. The summed E-state index contributed by atoms with van der Waals surface area (Å²) in [5.41, 5.74) is 0.791. The predicted octanol–water partition coefficient (Wildman–Crippen LogP) is 1.69. The van der Waals surface area contributed by atoms with Gasteiger partial charge in [-0.1, -0.05) is 36.8 Å². The van der Waals surface area contributed by atoms with E-state index in [0.717, 1.165) is 24.8 Å². The number of benzene rings is 1. The number of nitrogens with zero attached hydrogens (tertiary/aromatic N) is 1. The lowest BCUT2D eigenvalue weighted by molar-refractivity contribution is -0.145. The van der Waals surface area contributed by atoms with Gasteiger partial charge in [0.05, 0.1) is 0 Å². The summed E-state index contributed by atoms with van der Waals surface area (Å²) in [5.74, 6) is -1.87. The average molecular weight is 376 g/mol. The molecular weight excluding hydrogens is 352 g/mol. The van der Waals surface area contributed by atoms with Crippen LogP contribution in [0.2, 0.25) is 0 Å². The maximum atomic E-state index is 12.0. The third-order valence-electron chi connectivity index (χ3n) is 5.45. The Bertz CT molecular complexity index is 695. The van der Waals surface area contributed by atoms with Crippen LogP contribution >= 0.6 is 0 Å². The van der Waals surface area contributed by atoms with Gasteiger partial charge in [-0.25, -0.2) is 9.59 Å². The first-order chi connectivity index (χ1) is 13.0.